The molecule has 4 rings (SSSR count). The molecule has 0 radical (unpaired) electrons. The van der Waals surface area contributed by atoms with E-state index < -0.39 is 16.1 Å². The largest absolute Gasteiger partial charge is 0.358 e. The highest BCUT2D eigenvalue weighted by atomic mass is 32.2. The van der Waals surface area contributed by atoms with Crippen molar-refractivity contribution in [3.8, 4) is 0 Å². The van der Waals surface area contributed by atoms with Crippen LogP contribution < -0.4 is 10.0 Å². The van der Waals surface area contributed by atoms with E-state index in [1.807, 2.05) is 24.3 Å². The number of carbonyl (C=O) groups is 2. The van der Waals surface area contributed by atoms with Gasteiger partial charge in [0.25, 0.3) is 0 Å². The predicted octanol–water partition coefficient (Wildman–Crippen LogP) is 2.38. The van der Waals surface area contributed by atoms with Crippen LogP contribution in [0, 0.1) is 0 Å². The molecule has 0 bridgehead atoms. The summed E-state index contributed by atoms with van der Waals surface area (Å²) in [6, 6.07) is 12.8. The summed E-state index contributed by atoms with van der Waals surface area (Å²) in [6.07, 6.45) is 0.694. The molecular formula is C22H24N4O4S. The normalized spacial score (nSPS) is 14.8. The Morgan fingerprint density at radius 1 is 1.10 bits per heavy atom. The summed E-state index contributed by atoms with van der Waals surface area (Å²) in [4.78, 5) is 29.2. The Hall–Kier alpha value is -3.17. The van der Waals surface area contributed by atoms with Gasteiger partial charge in [0.2, 0.25) is 21.8 Å². The number of fused-ring (bicyclic) bond motifs is 3. The minimum Gasteiger partial charge on any atom is -0.358 e. The third kappa shape index (κ3) is 4.33. The van der Waals surface area contributed by atoms with E-state index in [2.05, 4.69) is 15.0 Å². The van der Waals surface area contributed by atoms with Gasteiger partial charge >= 0.3 is 0 Å². The van der Waals surface area contributed by atoms with Crippen molar-refractivity contribution >= 4 is 38.4 Å². The molecular weight excluding hydrogens is 416 g/mol. The molecule has 0 spiro atoms. The van der Waals surface area contributed by atoms with E-state index in [1.54, 1.807) is 11.8 Å². The van der Waals surface area contributed by atoms with Crippen molar-refractivity contribution in [3.63, 3.8) is 0 Å². The number of carbonyl (C=O) groups excluding carboxylic acids is 2. The number of hydrogen-bond donors (Lipinski definition) is 3. The number of nitrogens with zero attached hydrogens (tertiary/aromatic N) is 1. The van der Waals surface area contributed by atoms with Crippen LogP contribution in [-0.2, 0) is 32.6 Å². The molecule has 162 valence electrons. The third-order valence-corrected chi connectivity index (χ3v) is 6.94. The first-order chi connectivity index (χ1) is 14.7. The van der Waals surface area contributed by atoms with Crippen LogP contribution in [0.4, 0.5) is 5.69 Å². The van der Waals surface area contributed by atoms with Crippen molar-refractivity contribution in [2.45, 2.75) is 37.8 Å². The molecule has 3 N–H and O–H groups in total. The van der Waals surface area contributed by atoms with Gasteiger partial charge in [-0.1, -0.05) is 18.2 Å². The number of nitrogens with one attached hydrogen (secondary N) is 3. The summed E-state index contributed by atoms with van der Waals surface area (Å²) in [7, 11) is -3.89. The van der Waals surface area contributed by atoms with Gasteiger partial charge in [-0.2, -0.15) is 4.72 Å². The molecule has 0 aliphatic carbocycles. The second-order valence-corrected chi connectivity index (χ2v) is 9.40. The van der Waals surface area contributed by atoms with Gasteiger partial charge in [-0.15, -0.1) is 0 Å². The minimum atomic E-state index is -3.89. The van der Waals surface area contributed by atoms with Gasteiger partial charge in [0, 0.05) is 54.3 Å². The summed E-state index contributed by atoms with van der Waals surface area (Å²) in [5, 5.41) is 3.67. The van der Waals surface area contributed by atoms with Crippen molar-refractivity contribution in [1.82, 2.24) is 14.6 Å². The average molecular weight is 441 g/mol. The highest BCUT2D eigenvalue weighted by molar-refractivity contribution is 7.89. The van der Waals surface area contributed by atoms with E-state index in [0.29, 0.717) is 25.2 Å². The molecule has 2 aromatic carbocycles. The molecule has 31 heavy (non-hydrogen) atoms. The van der Waals surface area contributed by atoms with Crippen LogP contribution in [0.2, 0.25) is 0 Å². The molecule has 9 heteroatoms. The summed E-state index contributed by atoms with van der Waals surface area (Å²) >= 11 is 0. The van der Waals surface area contributed by atoms with E-state index in [0.717, 1.165) is 22.2 Å². The lowest BCUT2D eigenvalue weighted by Gasteiger charge is -2.29. The van der Waals surface area contributed by atoms with Crippen molar-refractivity contribution in [1.29, 1.82) is 0 Å². The maximum atomic E-state index is 13.0. The molecule has 1 atom stereocenters. The predicted molar refractivity (Wildman–Crippen MR) is 118 cm³/mol. The highest BCUT2D eigenvalue weighted by Gasteiger charge is 2.29. The molecule has 1 aliphatic heterocycles. The summed E-state index contributed by atoms with van der Waals surface area (Å²) in [6.45, 7) is 3.89. The molecule has 0 saturated carbocycles. The fraction of sp³-hybridized carbons (Fsp3) is 0.273. The number of hydrogen-bond acceptors (Lipinski definition) is 4. The number of benzene rings is 2. The van der Waals surface area contributed by atoms with Crippen LogP contribution in [0.5, 0.6) is 0 Å². The van der Waals surface area contributed by atoms with Gasteiger partial charge in [0.05, 0.1) is 10.9 Å². The molecule has 0 fully saturated rings. The van der Waals surface area contributed by atoms with Crippen LogP contribution in [-0.4, -0.2) is 42.7 Å². The molecule has 0 unspecified atom stereocenters. The summed E-state index contributed by atoms with van der Waals surface area (Å²) in [5.74, 6) is -0.512. The van der Waals surface area contributed by atoms with E-state index in [1.165, 1.54) is 31.2 Å². The maximum Gasteiger partial charge on any atom is 0.241 e. The topological polar surface area (TPSA) is 111 Å². The quantitative estimate of drug-likeness (QED) is 0.566. The molecule has 2 heterocycles. The second-order valence-electron chi connectivity index (χ2n) is 7.69. The van der Waals surface area contributed by atoms with E-state index in [-0.39, 0.29) is 16.7 Å². The smallest absolute Gasteiger partial charge is 0.241 e. The number of H-pyrrole nitrogens is 1. The van der Waals surface area contributed by atoms with E-state index in [4.69, 9.17) is 0 Å². The first-order valence-electron chi connectivity index (χ1n) is 10.0. The van der Waals surface area contributed by atoms with Crippen LogP contribution in [0.25, 0.3) is 10.9 Å². The molecule has 1 aromatic heterocycles. The first-order valence-corrected chi connectivity index (χ1v) is 11.5. The Morgan fingerprint density at radius 2 is 1.81 bits per heavy atom. The lowest BCUT2D eigenvalue weighted by atomic mass is 10.0. The number of anilines is 1. The Kier molecular flexibility index (Phi) is 5.55. The zero-order valence-electron chi connectivity index (χ0n) is 17.3. The molecule has 1 aliphatic rings. The van der Waals surface area contributed by atoms with Crippen molar-refractivity contribution in [3.05, 3.63) is 59.8 Å². The van der Waals surface area contributed by atoms with Gasteiger partial charge in [-0.05, 0) is 37.3 Å². The van der Waals surface area contributed by atoms with Gasteiger partial charge < -0.3 is 15.2 Å². The van der Waals surface area contributed by atoms with Crippen molar-refractivity contribution in [2.24, 2.45) is 0 Å². The molecule has 0 saturated heterocycles. The number of amides is 2. The van der Waals surface area contributed by atoms with Crippen LogP contribution in [0.3, 0.4) is 0 Å². The number of para-hydroxylation sites is 1. The van der Waals surface area contributed by atoms with Gasteiger partial charge in [-0.3, -0.25) is 9.59 Å². The van der Waals surface area contributed by atoms with Crippen molar-refractivity contribution in [2.75, 3.05) is 11.9 Å². The van der Waals surface area contributed by atoms with E-state index in [9.17, 15) is 18.0 Å². The lowest BCUT2D eigenvalue weighted by molar-refractivity contribution is -0.133. The Labute approximate surface area is 180 Å². The van der Waals surface area contributed by atoms with Crippen LogP contribution in [0.1, 0.15) is 25.1 Å². The molecule has 3 aromatic rings. The SMILES string of the molecule is CC(=O)Nc1ccc(S(=O)(=O)N[C@@H](C)C(=O)N2CCc3[nH]c4ccccc4c3C2)cc1. The maximum absolute atomic E-state index is 13.0. The number of sulfonamides is 1. The Morgan fingerprint density at radius 3 is 2.52 bits per heavy atom. The standard InChI is InChI=1S/C22H24N4O4S/c1-14(25-31(29,30)17-9-7-16(8-10-17)23-15(2)27)22(28)26-12-11-21-19(13-26)18-5-3-4-6-20(18)24-21/h3-10,14,24-25H,11-13H2,1-2H3,(H,23,27)/t14-/m0/s1. The first kappa shape index (κ1) is 21.1. The van der Waals surface area contributed by atoms with E-state index >= 15 is 0 Å². The number of aromatic nitrogens is 1. The Bertz CT molecular complexity index is 1250. The average Bonchev–Trinajstić information content (AvgIpc) is 3.10. The van der Waals surface area contributed by atoms with Crippen LogP contribution in [0.15, 0.2) is 53.4 Å². The van der Waals surface area contributed by atoms with Crippen molar-refractivity contribution < 1.29 is 18.0 Å². The lowest BCUT2D eigenvalue weighted by Crippen LogP contribution is -2.48. The fourth-order valence-electron chi connectivity index (χ4n) is 3.90. The molecule has 2 amide bonds. The number of aromatic amines is 1. The van der Waals surface area contributed by atoms with Gasteiger partial charge in [0.15, 0.2) is 0 Å². The summed E-state index contributed by atoms with van der Waals surface area (Å²) < 4.78 is 27.9. The zero-order chi connectivity index (χ0) is 22.2. The third-order valence-electron chi connectivity index (χ3n) is 5.38. The fourth-order valence-corrected chi connectivity index (χ4v) is 5.10. The van der Waals surface area contributed by atoms with Gasteiger partial charge in [-0.25, -0.2) is 8.42 Å². The Balaban J connectivity index is 1.46. The second kappa shape index (κ2) is 8.16. The minimum absolute atomic E-state index is 0.0267. The van der Waals surface area contributed by atoms with Crippen LogP contribution >= 0.6 is 0 Å². The summed E-state index contributed by atoms with van der Waals surface area (Å²) in [5.41, 5.74) is 3.74. The highest BCUT2D eigenvalue weighted by Crippen LogP contribution is 2.28. The molecule has 8 nitrogen and oxygen atoms in total. The van der Waals surface area contributed by atoms with Gasteiger partial charge in [0.1, 0.15) is 0 Å². The number of rotatable bonds is 5. The monoisotopic (exact) mass is 440 g/mol. The zero-order valence-corrected chi connectivity index (χ0v) is 18.1.